The van der Waals surface area contributed by atoms with Crippen molar-refractivity contribution in [3.63, 3.8) is 0 Å². The molecule has 3 heteroatoms. The van der Waals surface area contributed by atoms with Crippen molar-refractivity contribution in [2.24, 2.45) is 0 Å². The van der Waals surface area contributed by atoms with Crippen LogP contribution in [0.5, 0.6) is 0 Å². The quantitative estimate of drug-likeness (QED) is 0.851. The number of nitrogens with zero attached hydrogens (tertiary/aromatic N) is 2. The standard InChI is InChI=1S/C14H19N3/c1-12-14(10-15-2)11-16-17(12)9-8-13-6-4-3-5-7-13/h3-7,11,15H,8-10H2,1-2H3. The molecule has 0 atom stereocenters. The van der Waals surface area contributed by atoms with E-state index in [-0.39, 0.29) is 0 Å². The van der Waals surface area contributed by atoms with E-state index in [2.05, 4.69) is 46.3 Å². The van der Waals surface area contributed by atoms with E-state index in [0.717, 1.165) is 19.5 Å². The summed E-state index contributed by atoms with van der Waals surface area (Å²) >= 11 is 0. The van der Waals surface area contributed by atoms with Crippen LogP contribution in [0.25, 0.3) is 0 Å². The van der Waals surface area contributed by atoms with Gasteiger partial charge in [-0.25, -0.2) is 0 Å². The molecule has 1 aromatic carbocycles. The summed E-state index contributed by atoms with van der Waals surface area (Å²) in [5.41, 5.74) is 3.90. The van der Waals surface area contributed by atoms with Crippen LogP contribution < -0.4 is 5.32 Å². The third-order valence-electron chi connectivity index (χ3n) is 3.03. The number of hydrogen-bond donors (Lipinski definition) is 1. The SMILES string of the molecule is CNCc1cnn(CCc2ccccc2)c1C. The summed E-state index contributed by atoms with van der Waals surface area (Å²) in [6.07, 6.45) is 2.99. The number of nitrogens with one attached hydrogen (secondary N) is 1. The van der Waals surface area contributed by atoms with Crippen LogP contribution in [0.1, 0.15) is 16.8 Å². The van der Waals surface area contributed by atoms with Crippen LogP contribution >= 0.6 is 0 Å². The molecule has 2 rings (SSSR count). The Bertz CT molecular complexity index is 460. The fourth-order valence-corrected chi connectivity index (χ4v) is 1.95. The molecule has 0 aliphatic rings. The first-order chi connectivity index (χ1) is 8.31. The van der Waals surface area contributed by atoms with Gasteiger partial charge in [-0.1, -0.05) is 30.3 Å². The van der Waals surface area contributed by atoms with Crippen LogP contribution in [-0.4, -0.2) is 16.8 Å². The predicted molar refractivity (Wildman–Crippen MR) is 69.9 cm³/mol. The van der Waals surface area contributed by atoms with Gasteiger partial charge in [-0.15, -0.1) is 0 Å². The zero-order chi connectivity index (χ0) is 12.1. The Kier molecular flexibility index (Phi) is 3.94. The molecule has 1 heterocycles. The van der Waals surface area contributed by atoms with Crippen LogP contribution in [-0.2, 0) is 19.5 Å². The second-order valence-electron chi connectivity index (χ2n) is 4.24. The molecule has 3 nitrogen and oxygen atoms in total. The minimum Gasteiger partial charge on any atom is -0.316 e. The van der Waals surface area contributed by atoms with Gasteiger partial charge in [0, 0.05) is 24.3 Å². The van der Waals surface area contributed by atoms with E-state index in [1.807, 2.05) is 19.3 Å². The zero-order valence-corrected chi connectivity index (χ0v) is 10.5. The molecular weight excluding hydrogens is 210 g/mol. The van der Waals surface area contributed by atoms with Crippen molar-refractivity contribution in [1.29, 1.82) is 0 Å². The number of rotatable bonds is 5. The largest absolute Gasteiger partial charge is 0.316 e. The molecule has 0 aliphatic heterocycles. The highest BCUT2D eigenvalue weighted by Gasteiger charge is 2.05. The van der Waals surface area contributed by atoms with Gasteiger partial charge in [0.05, 0.1) is 6.20 Å². The number of aryl methyl sites for hydroxylation is 2. The van der Waals surface area contributed by atoms with Gasteiger partial charge in [0.25, 0.3) is 0 Å². The number of benzene rings is 1. The van der Waals surface area contributed by atoms with Crippen molar-refractivity contribution in [1.82, 2.24) is 15.1 Å². The van der Waals surface area contributed by atoms with Crippen molar-refractivity contribution in [3.8, 4) is 0 Å². The van der Waals surface area contributed by atoms with E-state index in [9.17, 15) is 0 Å². The van der Waals surface area contributed by atoms with E-state index < -0.39 is 0 Å². The molecule has 1 N–H and O–H groups in total. The third-order valence-corrected chi connectivity index (χ3v) is 3.03. The second kappa shape index (κ2) is 5.64. The molecule has 2 aromatic rings. The number of aromatic nitrogens is 2. The molecule has 1 aromatic heterocycles. The molecule has 90 valence electrons. The maximum Gasteiger partial charge on any atom is 0.0537 e. The maximum absolute atomic E-state index is 4.43. The van der Waals surface area contributed by atoms with Crippen molar-refractivity contribution >= 4 is 0 Å². The van der Waals surface area contributed by atoms with Crippen LogP contribution in [0.2, 0.25) is 0 Å². The maximum atomic E-state index is 4.43. The van der Waals surface area contributed by atoms with Gasteiger partial charge in [0.15, 0.2) is 0 Å². The lowest BCUT2D eigenvalue weighted by Crippen LogP contribution is -2.08. The molecule has 0 radical (unpaired) electrons. The molecule has 17 heavy (non-hydrogen) atoms. The molecule has 0 aliphatic carbocycles. The fourth-order valence-electron chi connectivity index (χ4n) is 1.95. The Hall–Kier alpha value is -1.61. The average Bonchev–Trinajstić information content (AvgIpc) is 2.70. The van der Waals surface area contributed by atoms with Gasteiger partial charge >= 0.3 is 0 Å². The highest BCUT2D eigenvalue weighted by atomic mass is 15.3. The average molecular weight is 229 g/mol. The first-order valence-corrected chi connectivity index (χ1v) is 6.01. The first-order valence-electron chi connectivity index (χ1n) is 6.01. The van der Waals surface area contributed by atoms with Crippen LogP contribution in [0.4, 0.5) is 0 Å². The van der Waals surface area contributed by atoms with Crippen LogP contribution in [0, 0.1) is 6.92 Å². The van der Waals surface area contributed by atoms with Crippen LogP contribution in [0.15, 0.2) is 36.5 Å². The summed E-state index contributed by atoms with van der Waals surface area (Å²) in [5.74, 6) is 0. The minimum absolute atomic E-state index is 0.886. The molecule has 0 spiro atoms. The lowest BCUT2D eigenvalue weighted by molar-refractivity contribution is 0.596. The predicted octanol–water partition coefficient (Wildman–Crippen LogP) is 2.15. The summed E-state index contributed by atoms with van der Waals surface area (Å²) in [7, 11) is 1.96. The molecule has 0 amide bonds. The molecule has 0 unspecified atom stereocenters. The molecular formula is C14H19N3. The van der Waals surface area contributed by atoms with Gasteiger partial charge in [-0.2, -0.15) is 5.10 Å². The van der Waals surface area contributed by atoms with Gasteiger partial charge in [0.1, 0.15) is 0 Å². The van der Waals surface area contributed by atoms with Crippen molar-refractivity contribution in [2.75, 3.05) is 7.05 Å². The van der Waals surface area contributed by atoms with Crippen molar-refractivity contribution < 1.29 is 0 Å². The first kappa shape index (κ1) is 11.9. The highest BCUT2D eigenvalue weighted by molar-refractivity contribution is 5.17. The Morgan fingerprint density at radius 2 is 2.00 bits per heavy atom. The summed E-state index contributed by atoms with van der Waals surface area (Å²) in [6.45, 7) is 3.96. The van der Waals surface area contributed by atoms with Crippen LogP contribution in [0.3, 0.4) is 0 Å². The Morgan fingerprint density at radius 1 is 1.24 bits per heavy atom. The minimum atomic E-state index is 0.886. The van der Waals surface area contributed by atoms with E-state index in [4.69, 9.17) is 0 Å². The third kappa shape index (κ3) is 2.94. The summed E-state index contributed by atoms with van der Waals surface area (Å²) < 4.78 is 2.08. The van der Waals surface area contributed by atoms with E-state index >= 15 is 0 Å². The van der Waals surface area contributed by atoms with Gasteiger partial charge in [-0.3, -0.25) is 4.68 Å². The van der Waals surface area contributed by atoms with E-state index in [0.29, 0.717) is 0 Å². The molecule has 0 saturated heterocycles. The fraction of sp³-hybridized carbons (Fsp3) is 0.357. The van der Waals surface area contributed by atoms with Gasteiger partial charge < -0.3 is 5.32 Å². The zero-order valence-electron chi connectivity index (χ0n) is 10.5. The Morgan fingerprint density at radius 3 is 2.71 bits per heavy atom. The van der Waals surface area contributed by atoms with Crippen molar-refractivity contribution in [3.05, 3.63) is 53.3 Å². The highest BCUT2D eigenvalue weighted by Crippen LogP contribution is 2.08. The Labute approximate surface area is 102 Å². The number of hydrogen-bond acceptors (Lipinski definition) is 2. The molecule has 0 fully saturated rings. The van der Waals surface area contributed by atoms with Gasteiger partial charge in [0.2, 0.25) is 0 Å². The Balaban J connectivity index is 2.00. The normalized spacial score (nSPS) is 10.7. The summed E-state index contributed by atoms with van der Waals surface area (Å²) in [4.78, 5) is 0. The molecule has 0 saturated carbocycles. The van der Waals surface area contributed by atoms with Crippen molar-refractivity contribution in [2.45, 2.75) is 26.4 Å². The summed E-state index contributed by atoms with van der Waals surface area (Å²) in [5, 5.41) is 7.58. The lowest BCUT2D eigenvalue weighted by atomic mass is 10.1. The topological polar surface area (TPSA) is 29.9 Å². The van der Waals surface area contributed by atoms with E-state index in [1.165, 1.54) is 16.8 Å². The monoisotopic (exact) mass is 229 g/mol. The molecule has 0 bridgehead atoms. The van der Waals surface area contributed by atoms with Gasteiger partial charge in [-0.05, 0) is 26.0 Å². The lowest BCUT2D eigenvalue weighted by Gasteiger charge is -2.05. The summed E-state index contributed by atoms with van der Waals surface area (Å²) in [6, 6.07) is 10.5. The van der Waals surface area contributed by atoms with E-state index in [1.54, 1.807) is 0 Å². The smallest absolute Gasteiger partial charge is 0.0537 e. The second-order valence-corrected chi connectivity index (χ2v) is 4.24.